The molecular formula is C13H15BrClN3O. The highest BCUT2D eigenvalue weighted by atomic mass is 79.9. The van der Waals surface area contributed by atoms with Crippen molar-refractivity contribution in [2.24, 2.45) is 5.73 Å². The number of carbonyl (C=O) groups excluding carboxylic acids is 1. The Balaban J connectivity index is 2.68. The number of amides is 1. The molecule has 1 heterocycles. The molecule has 1 aromatic carbocycles. The first-order valence-electron chi connectivity index (χ1n) is 5.87. The first-order chi connectivity index (χ1) is 8.85. The van der Waals surface area contributed by atoms with Crippen LogP contribution in [0.1, 0.15) is 26.1 Å². The van der Waals surface area contributed by atoms with Crippen molar-refractivity contribution >= 4 is 44.5 Å². The van der Waals surface area contributed by atoms with E-state index in [9.17, 15) is 4.79 Å². The number of carbonyl (C=O) groups is 1. The highest BCUT2D eigenvalue weighted by molar-refractivity contribution is 9.10. The zero-order chi connectivity index (χ0) is 14.2. The van der Waals surface area contributed by atoms with Crippen LogP contribution in [0.25, 0.3) is 11.0 Å². The Morgan fingerprint density at radius 3 is 2.79 bits per heavy atom. The molecule has 0 saturated heterocycles. The predicted octanol–water partition coefficient (Wildman–Crippen LogP) is 3.15. The monoisotopic (exact) mass is 343 g/mol. The van der Waals surface area contributed by atoms with Crippen LogP contribution in [0.4, 0.5) is 0 Å². The second-order valence-electron chi connectivity index (χ2n) is 5.09. The van der Waals surface area contributed by atoms with E-state index in [1.54, 1.807) is 0 Å². The maximum atomic E-state index is 11.3. The first-order valence-corrected chi connectivity index (χ1v) is 7.19. The van der Waals surface area contributed by atoms with E-state index in [-0.39, 0.29) is 18.2 Å². The van der Waals surface area contributed by atoms with Crippen LogP contribution in [0.15, 0.2) is 22.7 Å². The van der Waals surface area contributed by atoms with Gasteiger partial charge in [0.25, 0.3) is 0 Å². The minimum atomic E-state index is -0.467. The number of hydrogen-bond donors (Lipinski definition) is 1. The Labute approximate surface area is 125 Å². The third-order valence-electron chi connectivity index (χ3n) is 3.02. The SMILES string of the molecule is CC(C)(CC(N)=O)n1c(CCl)nc2ccc(Br)cc21. The average molecular weight is 345 g/mol. The molecule has 0 atom stereocenters. The molecule has 0 fully saturated rings. The lowest BCUT2D eigenvalue weighted by atomic mass is 9.99. The number of primary amides is 1. The fourth-order valence-electron chi connectivity index (χ4n) is 2.37. The summed E-state index contributed by atoms with van der Waals surface area (Å²) >= 11 is 9.42. The Morgan fingerprint density at radius 2 is 2.21 bits per heavy atom. The summed E-state index contributed by atoms with van der Waals surface area (Å²) in [7, 11) is 0. The minimum absolute atomic E-state index is 0.231. The number of fused-ring (bicyclic) bond motifs is 1. The second-order valence-corrected chi connectivity index (χ2v) is 6.27. The minimum Gasteiger partial charge on any atom is -0.370 e. The van der Waals surface area contributed by atoms with Gasteiger partial charge in [0.1, 0.15) is 5.82 Å². The number of rotatable bonds is 4. The van der Waals surface area contributed by atoms with Crippen LogP contribution in [0.5, 0.6) is 0 Å². The van der Waals surface area contributed by atoms with Crippen molar-refractivity contribution in [1.82, 2.24) is 9.55 Å². The van der Waals surface area contributed by atoms with Crippen molar-refractivity contribution in [2.45, 2.75) is 31.7 Å². The summed E-state index contributed by atoms with van der Waals surface area (Å²) in [5.41, 5.74) is 6.67. The molecule has 0 spiro atoms. The van der Waals surface area contributed by atoms with E-state index in [2.05, 4.69) is 20.9 Å². The number of alkyl halides is 1. The maximum absolute atomic E-state index is 11.3. The number of nitrogens with zero attached hydrogens (tertiary/aromatic N) is 2. The Hall–Kier alpha value is -1.07. The van der Waals surface area contributed by atoms with E-state index in [1.165, 1.54) is 0 Å². The van der Waals surface area contributed by atoms with E-state index in [4.69, 9.17) is 17.3 Å². The van der Waals surface area contributed by atoms with Crippen molar-refractivity contribution in [1.29, 1.82) is 0 Å². The van der Waals surface area contributed by atoms with Gasteiger partial charge in [0.05, 0.1) is 16.9 Å². The lowest BCUT2D eigenvalue weighted by molar-refractivity contribution is -0.119. The molecule has 1 amide bonds. The fraction of sp³-hybridized carbons (Fsp3) is 0.385. The molecule has 0 aliphatic carbocycles. The molecule has 0 bridgehead atoms. The van der Waals surface area contributed by atoms with Crippen LogP contribution < -0.4 is 5.73 Å². The van der Waals surface area contributed by atoms with E-state index >= 15 is 0 Å². The number of imidazole rings is 1. The van der Waals surface area contributed by atoms with E-state index in [0.29, 0.717) is 0 Å². The third-order valence-corrected chi connectivity index (χ3v) is 3.75. The lowest BCUT2D eigenvalue weighted by Gasteiger charge is -2.28. The topological polar surface area (TPSA) is 60.9 Å². The summed E-state index contributed by atoms with van der Waals surface area (Å²) in [4.78, 5) is 15.8. The van der Waals surface area contributed by atoms with Gasteiger partial charge in [0, 0.05) is 16.4 Å². The first kappa shape index (κ1) is 14.3. The maximum Gasteiger partial charge on any atom is 0.219 e. The quantitative estimate of drug-likeness (QED) is 0.866. The Morgan fingerprint density at radius 1 is 1.53 bits per heavy atom. The number of hydrogen-bond acceptors (Lipinski definition) is 2. The summed E-state index contributed by atoms with van der Waals surface area (Å²) in [6.45, 7) is 3.91. The van der Waals surface area contributed by atoms with Crippen molar-refractivity contribution in [3.63, 3.8) is 0 Å². The van der Waals surface area contributed by atoms with Gasteiger partial charge < -0.3 is 10.3 Å². The van der Waals surface area contributed by atoms with Crippen LogP contribution in [0.2, 0.25) is 0 Å². The average Bonchev–Trinajstić information content (AvgIpc) is 2.65. The van der Waals surface area contributed by atoms with Gasteiger partial charge in [-0.2, -0.15) is 0 Å². The number of halogens is 2. The molecule has 19 heavy (non-hydrogen) atoms. The molecule has 2 aromatic rings. The molecule has 0 aliphatic heterocycles. The third kappa shape index (κ3) is 2.77. The smallest absolute Gasteiger partial charge is 0.219 e. The molecule has 0 radical (unpaired) electrons. The molecule has 0 unspecified atom stereocenters. The number of benzene rings is 1. The normalized spacial score (nSPS) is 12.0. The molecule has 2 rings (SSSR count). The van der Waals surface area contributed by atoms with Crippen molar-refractivity contribution in [3.05, 3.63) is 28.5 Å². The summed E-state index contributed by atoms with van der Waals surface area (Å²) in [6.07, 6.45) is 0.231. The van der Waals surface area contributed by atoms with Gasteiger partial charge in [-0.05, 0) is 32.0 Å². The van der Waals surface area contributed by atoms with Gasteiger partial charge in [-0.1, -0.05) is 15.9 Å². The number of aromatic nitrogens is 2. The van der Waals surface area contributed by atoms with Crippen LogP contribution in [0.3, 0.4) is 0 Å². The molecule has 102 valence electrons. The van der Waals surface area contributed by atoms with E-state index in [0.717, 1.165) is 21.3 Å². The van der Waals surface area contributed by atoms with Gasteiger partial charge in [0.15, 0.2) is 0 Å². The Kier molecular flexibility index (Phi) is 3.87. The van der Waals surface area contributed by atoms with E-state index < -0.39 is 5.54 Å². The predicted molar refractivity (Wildman–Crippen MR) is 80.1 cm³/mol. The molecule has 0 saturated carbocycles. The summed E-state index contributed by atoms with van der Waals surface area (Å²) in [5, 5.41) is 0. The Bertz CT molecular complexity index is 636. The molecular weight excluding hydrogens is 330 g/mol. The van der Waals surface area contributed by atoms with Gasteiger partial charge >= 0.3 is 0 Å². The standard InChI is InChI=1S/C13H15BrClN3O/c1-13(2,6-11(16)19)18-10-5-8(14)3-4-9(10)17-12(18)7-15/h3-5H,6-7H2,1-2H3,(H2,16,19). The summed E-state index contributed by atoms with van der Waals surface area (Å²) < 4.78 is 2.95. The van der Waals surface area contributed by atoms with Crippen LogP contribution in [0, 0.1) is 0 Å². The van der Waals surface area contributed by atoms with Crippen molar-refractivity contribution in [3.8, 4) is 0 Å². The van der Waals surface area contributed by atoms with Crippen molar-refractivity contribution in [2.75, 3.05) is 0 Å². The van der Waals surface area contributed by atoms with Crippen molar-refractivity contribution < 1.29 is 4.79 Å². The van der Waals surface area contributed by atoms with Crippen LogP contribution in [-0.2, 0) is 16.2 Å². The summed E-state index contributed by atoms with van der Waals surface area (Å²) in [5.74, 6) is 0.678. The number of nitrogens with two attached hydrogens (primary N) is 1. The molecule has 0 aliphatic rings. The highest BCUT2D eigenvalue weighted by Crippen LogP contribution is 2.30. The molecule has 2 N–H and O–H groups in total. The molecule has 6 heteroatoms. The summed E-state index contributed by atoms with van der Waals surface area (Å²) in [6, 6.07) is 5.83. The molecule has 4 nitrogen and oxygen atoms in total. The van der Waals surface area contributed by atoms with Gasteiger partial charge in [-0.3, -0.25) is 4.79 Å². The fourth-order valence-corrected chi connectivity index (χ4v) is 2.90. The zero-order valence-corrected chi connectivity index (χ0v) is 13.1. The van der Waals surface area contributed by atoms with Crippen LogP contribution in [-0.4, -0.2) is 15.5 Å². The van der Waals surface area contributed by atoms with Crippen LogP contribution >= 0.6 is 27.5 Å². The van der Waals surface area contributed by atoms with Gasteiger partial charge in [-0.25, -0.2) is 4.98 Å². The second kappa shape index (κ2) is 5.13. The van der Waals surface area contributed by atoms with E-state index in [1.807, 2.05) is 36.6 Å². The molecule has 1 aromatic heterocycles. The lowest BCUT2D eigenvalue weighted by Crippen LogP contribution is -2.33. The zero-order valence-electron chi connectivity index (χ0n) is 10.8. The largest absolute Gasteiger partial charge is 0.370 e. The van der Waals surface area contributed by atoms with Gasteiger partial charge in [-0.15, -0.1) is 11.6 Å². The van der Waals surface area contributed by atoms with Gasteiger partial charge in [0.2, 0.25) is 5.91 Å². The highest BCUT2D eigenvalue weighted by Gasteiger charge is 2.27.